The molecular weight excluding hydrogens is 378 g/mol. The van der Waals surface area contributed by atoms with E-state index in [0.717, 1.165) is 22.4 Å². The Morgan fingerprint density at radius 2 is 1.90 bits per heavy atom. The fraction of sp³-hybridized carbons (Fsp3) is 0.200. The van der Waals surface area contributed by atoms with Crippen LogP contribution in [0.25, 0.3) is 11.1 Å². The lowest BCUT2D eigenvalue weighted by molar-refractivity contribution is 0.0932. The molecule has 0 radical (unpaired) electrons. The van der Waals surface area contributed by atoms with Crippen molar-refractivity contribution in [3.05, 3.63) is 83.4 Å². The Hall–Kier alpha value is -3.60. The van der Waals surface area contributed by atoms with Crippen LogP contribution in [0.1, 0.15) is 33.2 Å². The highest BCUT2D eigenvalue weighted by Gasteiger charge is 2.24. The molecule has 0 spiro atoms. The van der Waals surface area contributed by atoms with E-state index in [-0.39, 0.29) is 17.8 Å². The third-order valence-corrected chi connectivity index (χ3v) is 5.24. The van der Waals surface area contributed by atoms with Crippen molar-refractivity contribution in [2.75, 3.05) is 13.7 Å². The second-order valence-electron chi connectivity index (χ2n) is 7.31. The van der Waals surface area contributed by atoms with Gasteiger partial charge in [-0.25, -0.2) is 0 Å². The Kier molecular flexibility index (Phi) is 5.53. The quantitative estimate of drug-likeness (QED) is 0.626. The highest BCUT2D eigenvalue weighted by atomic mass is 16.5. The lowest BCUT2D eigenvalue weighted by Crippen LogP contribution is -2.34. The van der Waals surface area contributed by atoms with E-state index < -0.39 is 0 Å². The minimum atomic E-state index is -0.162. The van der Waals surface area contributed by atoms with Crippen LogP contribution in [-0.4, -0.2) is 31.4 Å². The van der Waals surface area contributed by atoms with Crippen LogP contribution in [0.4, 0.5) is 0 Å². The van der Waals surface area contributed by atoms with Gasteiger partial charge in [0, 0.05) is 17.5 Å². The second kappa shape index (κ2) is 8.41. The maximum Gasteiger partial charge on any atom is 0.251 e. The molecule has 4 rings (SSSR count). The summed E-state index contributed by atoms with van der Waals surface area (Å²) in [6.07, 6.45) is 0.567. The van der Waals surface area contributed by atoms with Crippen molar-refractivity contribution in [2.24, 2.45) is 0 Å². The summed E-state index contributed by atoms with van der Waals surface area (Å²) in [5, 5.41) is 2.93. The lowest BCUT2D eigenvalue weighted by atomic mass is 9.95. The number of nitrogens with one attached hydrogen (secondary N) is 1. The molecule has 1 aliphatic heterocycles. The summed E-state index contributed by atoms with van der Waals surface area (Å²) in [5.41, 5.74) is 4.24. The third kappa shape index (κ3) is 4.06. The molecule has 0 saturated heterocycles. The molecule has 0 saturated carbocycles. The van der Waals surface area contributed by atoms with Gasteiger partial charge in [0.1, 0.15) is 17.6 Å². The molecule has 3 aromatic carbocycles. The molecule has 0 bridgehead atoms. The van der Waals surface area contributed by atoms with Crippen LogP contribution in [0.5, 0.6) is 11.5 Å². The van der Waals surface area contributed by atoms with Gasteiger partial charge in [0.2, 0.25) is 0 Å². The molecule has 0 aromatic heterocycles. The fourth-order valence-electron chi connectivity index (χ4n) is 3.72. The van der Waals surface area contributed by atoms with Crippen LogP contribution < -0.4 is 14.8 Å². The van der Waals surface area contributed by atoms with Crippen molar-refractivity contribution in [3.8, 4) is 22.6 Å². The Balaban J connectivity index is 1.44. The summed E-state index contributed by atoms with van der Waals surface area (Å²) in [5.74, 6) is 1.34. The van der Waals surface area contributed by atoms with E-state index in [1.54, 1.807) is 38.3 Å². The first kappa shape index (κ1) is 19.7. The van der Waals surface area contributed by atoms with Crippen LogP contribution in [0.2, 0.25) is 0 Å². The molecule has 1 aliphatic rings. The largest absolute Gasteiger partial charge is 0.497 e. The number of hydrogen-bond donors (Lipinski definition) is 1. The van der Waals surface area contributed by atoms with Gasteiger partial charge in [0.25, 0.3) is 5.91 Å². The summed E-state index contributed by atoms with van der Waals surface area (Å²) in [4.78, 5) is 24.4. The van der Waals surface area contributed by atoms with Crippen LogP contribution in [0.15, 0.2) is 66.7 Å². The summed E-state index contributed by atoms with van der Waals surface area (Å²) in [6, 6.07) is 20.6. The zero-order chi connectivity index (χ0) is 21.1. The number of rotatable bonds is 6. The number of ketones is 1. The standard InChI is InChI=1S/C25H23NO4/c1-16(27)22-8-3-4-9-23(22)17-10-11-24-19(12-17)14-21(30-24)15-26-25(28)18-6-5-7-20(13-18)29-2/h3-13,21H,14-15H2,1-2H3,(H,26,28). The Bertz CT molecular complexity index is 1110. The Morgan fingerprint density at radius 1 is 1.07 bits per heavy atom. The molecule has 5 heteroatoms. The topological polar surface area (TPSA) is 64.6 Å². The second-order valence-corrected chi connectivity index (χ2v) is 7.31. The van der Waals surface area contributed by atoms with Crippen LogP contribution in [-0.2, 0) is 6.42 Å². The number of benzene rings is 3. The predicted octanol–water partition coefficient (Wildman–Crippen LogP) is 4.30. The van der Waals surface area contributed by atoms with Crippen molar-refractivity contribution < 1.29 is 19.1 Å². The van der Waals surface area contributed by atoms with Gasteiger partial charge in [-0.3, -0.25) is 9.59 Å². The summed E-state index contributed by atoms with van der Waals surface area (Å²) < 4.78 is 11.2. The van der Waals surface area contributed by atoms with Gasteiger partial charge in [0.15, 0.2) is 5.78 Å². The highest BCUT2D eigenvalue weighted by molar-refractivity contribution is 6.00. The fourth-order valence-corrected chi connectivity index (χ4v) is 3.72. The first-order valence-electron chi connectivity index (χ1n) is 9.87. The molecule has 0 fully saturated rings. The number of hydrogen-bond acceptors (Lipinski definition) is 4. The monoisotopic (exact) mass is 401 g/mol. The average Bonchev–Trinajstić information content (AvgIpc) is 3.19. The predicted molar refractivity (Wildman–Crippen MR) is 115 cm³/mol. The number of methoxy groups -OCH3 is 1. The number of carbonyl (C=O) groups is 2. The molecule has 1 N–H and O–H groups in total. The number of carbonyl (C=O) groups excluding carboxylic acids is 2. The lowest BCUT2D eigenvalue weighted by Gasteiger charge is -2.12. The van der Waals surface area contributed by atoms with E-state index in [0.29, 0.717) is 29.8 Å². The first-order chi connectivity index (χ1) is 14.5. The van der Waals surface area contributed by atoms with Gasteiger partial charge in [-0.05, 0) is 53.9 Å². The number of ether oxygens (including phenoxy) is 2. The number of Topliss-reactive ketones (excluding diaryl/α,β-unsaturated/α-hetero) is 1. The van der Waals surface area contributed by atoms with Crippen molar-refractivity contribution in [3.63, 3.8) is 0 Å². The van der Waals surface area contributed by atoms with E-state index in [1.807, 2.05) is 36.4 Å². The molecular formula is C25H23NO4. The van der Waals surface area contributed by atoms with Crippen molar-refractivity contribution >= 4 is 11.7 Å². The summed E-state index contributed by atoms with van der Waals surface area (Å²) >= 11 is 0. The van der Waals surface area contributed by atoms with Gasteiger partial charge < -0.3 is 14.8 Å². The van der Waals surface area contributed by atoms with Crippen molar-refractivity contribution in [2.45, 2.75) is 19.4 Å². The number of fused-ring (bicyclic) bond motifs is 1. The van der Waals surface area contributed by atoms with Crippen molar-refractivity contribution in [1.29, 1.82) is 0 Å². The summed E-state index contributed by atoms with van der Waals surface area (Å²) in [7, 11) is 1.57. The highest BCUT2D eigenvalue weighted by Crippen LogP contribution is 2.34. The summed E-state index contributed by atoms with van der Waals surface area (Å²) in [6.45, 7) is 1.99. The number of amides is 1. The molecule has 30 heavy (non-hydrogen) atoms. The van der Waals surface area contributed by atoms with Gasteiger partial charge in [-0.1, -0.05) is 36.4 Å². The van der Waals surface area contributed by atoms with E-state index in [2.05, 4.69) is 11.4 Å². The van der Waals surface area contributed by atoms with Crippen LogP contribution in [0.3, 0.4) is 0 Å². The van der Waals surface area contributed by atoms with Crippen molar-refractivity contribution in [1.82, 2.24) is 5.32 Å². The maximum absolute atomic E-state index is 12.4. The zero-order valence-corrected chi connectivity index (χ0v) is 17.0. The SMILES string of the molecule is COc1cccc(C(=O)NCC2Cc3cc(-c4ccccc4C(C)=O)ccc3O2)c1. The molecule has 1 heterocycles. The maximum atomic E-state index is 12.4. The average molecular weight is 401 g/mol. The van der Waals surface area contributed by atoms with Gasteiger partial charge >= 0.3 is 0 Å². The van der Waals surface area contributed by atoms with E-state index in [1.165, 1.54) is 0 Å². The molecule has 3 aromatic rings. The molecule has 5 nitrogen and oxygen atoms in total. The zero-order valence-electron chi connectivity index (χ0n) is 17.0. The molecule has 0 aliphatic carbocycles. The Labute approximate surface area is 175 Å². The van der Waals surface area contributed by atoms with E-state index >= 15 is 0 Å². The molecule has 1 amide bonds. The van der Waals surface area contributed by atoms with Gasteiger partial charge in [0.05, 0.1) is 13.7 Å². The van der Waals surface area contributed by atoms with Crippen LogP contribution in [0, 0.1) is 0 Å². The first-order valence-corrected chi connectivity index (χ1v) is 9.87. The van der Waals surface area contributed by atoms with Gasteiger partial charge in [-0.2, -0.15) is 0 Å². The Morgan fingerprint density at radius 3 is 2.70 bits per heavy atom. The smallest absolute Gasteiger partial charge is 0.251 e. The third-order valence-electron chi connectivity index (χ3n) is 5.24. The minimum absolute atomic E-state index is 0.0421. The van der Waals surface area contributed by atoms with Crippen LogP contribution >= 0.6 is 0 Å². The van der Waals surface area contributed by atoms with Gasteiger partial charge in [-0.15, -0.1) is 0 Å². The van der Waals surface area contributed by atoms with E-state index in [9.17, 15) is 9.59 Å². The van der Waals surface area contributed by atoms with E-state index in [4.69, 9.17) is 9.47 Å². The molecule has 152 valence electrons. The normalized spacial score (nSPS) is 14.5. The minimum Gasteiger partial charge on any atom is -0.497 e. The molecule has 1 unspecified atom stereocenters. The molecule has 1 atom stereocenters.